The van der Waals surface area contributed by atoms with Gasteiger partial charge in [-0.3, -0.25) is 4.79 Å². The molecule has 2 aromatic carbocycles. The number of H-pyrrole nitrogens is 1. The Hall–Kier alpha value is -2.79. The average Bonchev–Trinajstić information content (AvgIpc) is 3.13. The van der Waals surface area contributed by atoms with Crippen molar-refractivity contribution in [3.8, 4) is 11.5 Å². The van der Waals surface area contributed by atoms with Gasteiger partial charge in [-0.05, 0) is 42.5 Å². The van der Waals surface area contributed by atoms with Crippen LogP contribution in [0.25, 0.3) is 10.9 Å². The van der Waals surface area contributed by atoms with Gasteiger partial charge in [0.25, 0.3) is 0 Å². The van der Waals surface area contributed by atoms with Gasteiger partial charge in [0.1, 0.15) is 30.8 Å². The lowest BCUT2D eigenvalue weighted by atomic mass is 10.1. The summed E-state index contributed by atoms with van der Waals surface area (Å²) in [5.74, 6) is 1.43. The average molecular weight is 339 g/mol. The number of Topliss-reactive ketones (excluding diaryl/α,β-unsaturated/α-hetero) is 1. The molecule has 1 aromatic heterocycles. The number of hydrogen-bond donors (Lipinski definition) is 2. The zero-order chi connectivity index (χ0) is 17.6. The largest absolute Gasteiger partial charge is 0.491 e. The highest BCUT2D eigenvalue weighted by atomic mass is 16.5. The van der Waals surface area contributed by atoms with Gasteiger partial charge < -0.3 is 19.6 Å². The first kappa shape index (κ1) is 17.0. The highest BCUT2D eigenvalue weighted by molar-refractivity contribution is 5.95. The number of aliphatic hydroxyl groups excluding tert-OH is 1. The fourth-order valence-electron chi connectivity index (χ4n) is 2.55. The van der Waals surface area contributed by atoms with Gasteiger partial charge in [-0.1, -0.05) is 13.0 Å². The molecule has 25 heavy (non-hydrogen) atoms. The number of aromatic nitrogens is 1. The van der Waals surface area contributed by atoms with E-state index in [-0.39, 0.29) is 19.0 Å². The van der Waals surface area contributed by atoms with E-state index in [1.807, 2.05) is 37.4 Å². The normalized spacial score (nSPS) is 12.1. The molecule has 2 N–H and O–H groups in total. The molecule has 5 heteroatoms. The first-order valence-corrected chi connectivity index (χ1v) is 8.30. The number of rotatable bonds is 8. The SMILES string of the molecule is CCC(=O)c1ccc(OCC(O)COc2cccc3[nH]ccc23)cc1. The Balaban J connectivity index is 1.50. The molecule has 0 spiro atoms. The van der Waals surface area contributed by atoms with Crippen molar-refractivity contribution in [1.82, 2.24) is 4.98 Å². The number of nitrogens with one attached hydrogen (secondary N) is 1. The molecule has 0 aliphatic rings. The Morgan fingerprint density at radius 2 is 1.84 bits per heavy atom. The summed E-state index contributed by atoms with van der Waals surface area (Å²) in [5, 5.41) is 11.0. The third-order valence-electron chi connectivity index (χ3n) is 3.93. The number of aliphatic hydroxyl groups is 1. The molecule has 3 rings (SSSR count). The van der Waals surface area contributed by atoms with E-state index in [1.165, 1.54) is 0 Å². The standard InChI is InChI=1S/C20H21NO4/c1-2-19(23)14-6-8-16(9-7-14)24-12-15(22)13-25-20-5-3-4-18-17(20)10-11-21-18/h3-11,15,21-22H,2,12-13H2,1H3. The quantitative estimate of drug-likeness (QED) is 0.615. The van der Waals surface area contributed by atoms with E-state index in [0.29, 0.717) is 17.7 Å². The van der Waals surface area contributed by atoms with Gasteiger partial charge in [-0.15, -0.1) is 0 Å². The number of aromatic amines is 1. The van der Waals surface area contributed by atoms with Crippen LogP contribution in [0, 0.1) is 0 Å². The van der Waals surface area contributed by atoms with Crippen LogP contribution in [-0.2, 0) is 0 Å². The first-order valence-electron chi connectivity index (χ1n) is 8.30. The van der Waals surface area contributed by atoms with E-state index >= 15 is 0 Å². The summed E-state index contributed by atoms with van der Waals surface area (Å²) >= 11 is 0. The third-order valence-corrected chi connectivity index (χ3v) is 3.93. The molecule has 0 aliphatic carbocycles. The second-order valence-electron chi connectivity index (χ2n) is 5.77. The number of benzene rings is 2. The number of fused-ring (bicyclic) bond motifs is 1. The van der Waals surface area contributed by atoms with E-state index in [1.54, 1.807) is 24.3 Å². The topological polar surface area (TPSA) is 71.6 Å². The molecule has 5 nitrogen and oxygen atoms in total. The molecular formula is C20H21NO4. The number of carbonyl (C=O) groups excluding carboxylic acids is 1. The maximum absolute atomic E-state index is 11.6. The summed E-state index contributed by atoms with van der Waals surface area (Å²) in [4.78, 5) is 14.7. The minimum atomic E-state index is -0.758. The lowest BCUT2D eigenvalue weighted by Gasteiger charge is -2.14. The first-order chi connectivity index (χ1) is 12.2. The summed E-state index contributed by atoms with van der Waals surface area (Å²) in [6.07, 6.45) is 1.57. The summed E-state index contributed by atoms with van der Waals surface area (Å²) < 4.78 is 11.2. The van der Waals surface area contributed by atoms with Crippen LogP contribution in [0.5, 0.6) is 11.5 Å². The molecule has 0 saturated carbocycles. The van der Waals surface area contributed by atoms with E-state index < -0.39 is 6.10 Å². The van der Waals surface area contributed by atoms with Crippen LogP contribution in [0.4, 0.5) is 0 Å². The van der Waals surface area contributed by atoms with Crippen LogP contribution in [0.1, 0.15) is 23.7 Å². The van der Waals surface area contributed by atoms with Crippen molar-refractivity contribution in [2.75, 3.05) is 13.2 Å². The van der Waals surface area contributed by atoms with E-state index in [0.717, 1.165) is 16.7 Å². The number of hydrogen-bond acceptors (Lipinski definition) is 4. The minimum Gasteiger partial charge on any atom is -0.491 e. The van der Waals surface area contributed by atoms with Crippen LogP contribution in [-0.4, -0.2) is 35.2 Å². The fourth-order valence-corrected chi connectivity index (χ4v) is 2.55. The van der Waals surface area contributed by atoms with Gasteiger partial charge in [0.2, 0.25) is 0 Å². The molecule has 0 saturated heterocycles. The maximum Gasteiger partial charge on any atom is 0.162 e. The number of carbonyl (C=O) groups is 1. The zero-order valence-electron chi connectivity index (χ0n) is 14.1. The molecule has 0 aliphatic heterocycles. The van der Waals surface area contributed by atoms with Gasteiger partial charge in [0, 0.05) is 29.1 Å². The third kappa shape index (κ3) is 4.19. The van der Waals surface area contributed by atoms with Crippen molar-refractivity contribution >= 4 is 16.7 Å². The second-order valence-corrected chi connectivity index (χ2v) is 5.77. The fraction of sp³-hybridized carbons (Fsp3) is 0.250. The molecule has 1 atom stereocenters. The van der Waals surface area contributed by atoms with Gasteiger partial charge in [0.15, 0.2) is 5.78 Å². The van der Waals surface area contributed by atoms with Crippen molar-refractivity contribution in [3.05, 3.63) is 60.3 Å². The molecule has 0 fully saturated rings. The monoisotopic (exact) mass is 339 g/mol. The van der Waals surface area contributed by atoms with Crippen LogP contribution < -0.4 is 9.47 Å². The van der Waals surface area contributed by atoms with Gasteiger partial charge in [0.05, 0.1) is 0 Å². The van der Waals surface area contributed by atoms with Crippen LogP contribution in [0.2, 0.25) is 0 Å². The van der Waals surface area contributed by atoms with Crippen molar-refractivity contribution in [1.29, 1.82) is 0 Å². The molecule has 0 bridgehead atoms. The molecule has 1 unspecified atom stereocenters. The smallest absolute Gasteiger partial charge is 0.162 e. The Bertz CT molecular complexity index is 838. The zero-order valence-corrected chi connectivity index (χ0v) is 14.1. The molecule has 1 heterocycles. The van der Waals surface area contributed by atoms with Crippen molar-refractivity contribution in [2.24, 2.45) is 0 Å². The Labute approximate surface area is 146 Å². The Morgan fingerprint density at radius 1 is 1.08 bits per heavy atom. The molecule has 0 amide bonds. The van der Waals surface area contributed by atoms with Crippen molar-refractivity contribution in [3.63, 3.8) is 0 Å². The maximum atomic E-state index is 11.6. The van der Waals surface area contributed by atoms with E-state index in [9.17, 15) is 9.90 Å². The predicted octanol–water partition coefficient (Wildman–Crippen LogP) is 3.58. The summed E-state index contributed by atoms with van der Waals surface area (Å²) in [7, 11) is 0. The lowest BCUT2D eigenvalue weighted by Crippen LogP contribution is -2.25. The minimum absolute atomic E-state index is 0.0962. The summed E-state index contributed by atoms with van der Waals surface area (Å²) in [6, 6.07) is 14.6. The van der Waals surface area contributed by atoms with Crippen molar-refractivity contribution in [2.45, 2.75) is 19.4 Å². The van der Waals surface area contributed by atoms with Gasteiger partial charge >= 0.3 is 0 Å². The molecular weight excluding hydrogens is 318 g/mol. The van der Waals surface area contributed by atoms with Crippen LogP contribution in [0.3, 0.4) is 0 Å². The Kier molecular flexibility index (Phi) is 5.36. The van der Waals surface area contributed by atoms with Crippen LogP contribution >= 0.6 is 0 Å². The predicted molar refractivity (Wildman–Crippen MR) is 96.4 cm³/mol. The van der Waals surface area contributed by atoms with E-state index in [4.69, 9.17) is 9.47 Å². The highest BCUT2D eigenvalue weighted by Gasteiger charge is 2.09. The highest BCUT2D eigenvalue weighted by Crippen LogP contribution is 2.24. The van der Waals surface area contributed by atoms with E-state index in [2.05, 4.69) is 4.98 Å². The van der Waals surface area contributed by atoms with Gasteiger partial charge in [-0.2, -0.15) is 0 Å². The second kappa shape index (κ2) is 7.85. The Morgan fingerprint density at radius 3 is 2.60 bits per heavy atom. The lowest BCUT2D eigenvalue weighted by molar-refractivity contribution is 0.0632. The molecule has 0 radical (unpaired) electrons. The molecule has 3 aromatic rings. The number of ketones is 1. The molecule has 130 valence electrons. The number of ether oxygens (including phenoxy) is 2. The summed E-state index contributed by atoms with van der Waals surface area (Å²) in [5.41, 5.74) is 1.66. The van der Waals surface area contributed by atoms with Crippen molar-refractivity contribution < 1.29 is 19.4 Å². The van der Waals surface area contributed by atoms with Crippen LogP contribution in [0.15, 0.2) is 54.7 Å². The van der Waals surface area contributed by atoms with Gasteiger partial charge in [-0.25, -0.2) is 0 Å². The summed E-state index contributed by atoms with van der Waals surface area (Å²) in [6.45, 7) is 2.08.